The van der Waals surface area contributed by atoms with E-state index in [-0.39, 0.29) is 18.6 Å². The van der Waals surface area contributed by atoms with Crippen LogP contribution in [0.2, 0.25) is 0 Å². The molecule has 0 aromatic heterocycles. The van der Waals surface area contributed by atoms with Crippen LogP contribution < -0.4 is 5.32 Å². The summed E-state index contributed by atoms with van der Waals surface area (Å²) in [4.78, 5) is 17.0. The van der Waals surface area contributed by atoms with E-state index in [0.29, 0.717) is 6.54 Å². The molecule has 0 spiro atoms. The Morgan fingerprint density at radius 3 is 2.54 bits per heavy atom. The summed E-state index contributed by atoms with van der Waals surface area (Å²) in [5.74, 6) is 0.0286. The fraction of sp³-hybridized carbons (Fsp3) is 0.421. The highest BCUT2D eigenvalue weighted by Crippen LogP contribution is 2.19. The summed E-state index contributed by atoms with van der Waals surface area (Å²) in [6, 6.07) is 14.0. The molecule has 1 amide bonds. The molecule has 128 valence electrons. The Hall–Kier alpha value is -1.95. The van der Waals surface area contributed by atoms with Gasteiger partial charge in [0.2, 0.25) is 5.91 Å². The van der Waals surface area contributed by atoms with Gasteiger partial charge in [-0.3, -0.25) is 14.6 Å². The lowest BCUT2D eigenvalue weighted by molar-refractivity contribution is -0.121. The number of nitrogens with one attached hydrogen (secondary N) is 1. The van der Waals surface area contributed by atoms with E-state index in [0.717, 1.165) is 37.3 Å². The first kappa shape index (κ1) is 16.9. The molecule has 5 nitrogen and oxygen atoms in total. The van der Waals surface area contributed by atoms with Gasteiger partial charge in [0.15, 0.2) is 0 Å². The number of anilines is 1. The summed E-state index contributed by atoms with van der Waals surface area (Å²) in [5, 5.41) is 14.3. The third-order valence-corrected chi connectivity index (χ3v) is 4.77. The zero-order valence-corrected chi connectivity index (χ0v) is 14.1. The van der Waals surface area contributed by atoms with Crippen LogP contribution in [0.25, 0.3) is 10.8 Å². The average molecular weight is 327 g/mol. The molecule has 0 saturated carbocycles. The number of fused-ring (bicyclic) bond motifs is 1. The van der Waals surface area contributed by atoms with Gasteiger partial charge in [-0.25, -0.2) is 0 Å². The van der Waals surface area contributed by atoms with Crippen molar-refractivity contribution >= 4 is 22.4 Å². The van der Waals surface area contributed by atoms with Crippen molar-refractivity contribution in [2.75, 3.05) is 44.6 Å². The number of piperazine rings is 1. The van der Waals surface area contributed by atoms with Crippen LogP contribution in [0.3, 0.4) is 0 Å². The SMILES string of the molecule is CC(C(=O)Nc1ccc2ccccc2c1)N1CCN(CCO)CC1. The van der Waals surface area contributed by atoms with Crippen LogP contribution in [0.1, 0.15) is 6.92 Å². The highest BCUT2D eigenvalue weighted by Gasteiger charge is 2.25. The second-order valence-corrected chi connectivity index (χ2v) is 6.33. The summed E-state index contributed by atoms with van der Waals surface area (Å²) >= 11 is 0. The predicted octanol–water partition coefficient (Wildman–Crippen LogP) is 1.78. The molecule has 2 N–H and O–H groups in total. The van der Waals surface area contributed by atoms with Gasteiger partial charge in [0.25, 0.3) is 0 Å². The third kappa shape index (κ3) is 3.93. The van der Waals surface area contributed by atoms with E-state index in [2.05, 4.69) is 27.2 Å². The maximum atomic E-state index is 12.5. The summed E-state index contributed by atoms with van der Waals surface area (Å²) in [6.45, 7) is 6.36. The molecule has 1 saturated heterocycles. The number of nitrogens with zero attached hydrogens (tertiary/aromatic N) is 2. The number of hydrogen-bond acceptors (Lipinski definition) is 4. The van der Waals surface area contributed by atoms with Gasteiger partial charge in [0, 0.05) is 38.4 Å². The van der Waals surface area contributed by atoms with Crippen molar-refractivity contribution in [3.8, 4) is 0 Å². The second kappa shape index (κ2) is 7.75. The van der Waals surface area contributed by atoms with Crippen molar-refractivity contribution in [2.24, 2.45) is 0 Å². The number of β-amino-alcohol motifs (C(OH)–C–C–N with tert-alkyl or cyclic N) is 1. The lowest BCUT2D eigenvalue weighted by Gasteiger charge is -2.37. The van der Waals surface area contributed by atoms with Gasteiger partial charge in [-0.05, 0) is 29.8 Å². The Bertz CT molecular complexity index is 696. The Morgan fingerprint density at radius 1 is 1.12 bits per heavy atom. The minimum Gasteiger partial charge on any atom is -0.395 e. The summed E-state index contributed by atoms with van der Waals surface area (Å²) in [7, 11) is 0. The highest BCUT2D eigenvalue weighted by atomic mass is 16.3. The molecule has 1 aliphatic heterocycles. The van der Waals surface area contributed by atoms with E-state index in [4.69, 9.17) is 5.11 Å². The van der Waals surface area contributed by atoms with Crippen molar-refractivity contribution in [1.29, 1.82) is 0 Å². The van der Waals surface area contributed by atoms with Crippen LogP contribution in [0.5, 0.6) is 0 Å². The van der Waals surface area contributed by atoms with E-state index in [1.54, 1.807) is 0 Å². The standard InChI is InChI=1S/C19H25N3O2/c1-15(22-10-8-21(9-11-22)12-13-23)19(24)20-18-7-6-16-4-2-3-5-17(16)14-18/h2-7,14-15,23H,8-13H2,1H3,(H,20,24). The van der Waals surface area contributed by atoms with E-state index in [1.807, 2.05) is 37.3 Å². The van der Waals surface area contributed by atoms with Crippen molar-refractivity contribution in [1.82, 2.24) is 9.80 Å². The van der Waals surface area contributed by atoms with E-state index < -0.39 is 0 Å². The first-order valence-corrected chi connectivity index (χ1v) is 8.54. The monoisotopic (exact) mass is 327 g/mol. The molecule has 2 aromatic carbocycles. The molecule has 24 heavy (non-hydrogen) atoms. The van der Waals surface area contributed by atoms with Crippen LogP contribution in [0.15, 0.2) is 42.5 Å². The zero-order chi connectivity index (χ0) is 16.9. The lowest BCUT2D eigenvalue weighted by Crippen LogP contribution is -2.53. The summed E-state index contributed by atoms with van der Waals surface area (Å²) in [6.07, 6.45) is 0. The number of carbonyl (C=O) groups excluding carboxylic acids is 1. The molecular formula is C19H25N3O2. The van der Waals surface area contributed by atoms with Gasteiger partial charge in [-0.15, -0.1) is 0 Å². The van der Waals surface area contributed by atoms with Crippen LogP contribution >= 0.6 is 0 Å². The van der Waals surface area contributed by atoms with Crippen LogP contribution in [-0.4, -0.2) is 66.2 Å². The number of benzene rings is 2. The molecule has 0 radical (unpaired) electrons. The Kier molecular flexibility index (Phi) is 5.45. The minimum absolute atomic E-state index is 0.0286. The Labute approximate surface area is 142 Å². The molecule has 0 bridgehead atoms. The largest absolute Gasteiger partial charge is 0.395 e. The smallest absolute Gasteiger partial charge is 0.241 e. The predicted molar refractivity (Wildman–Crippen MR) is 97.1 cm³/mol. The molecule has 1 aliphatic rings. The normalized spacial score (nSPS) is 17.8. The van der Waals surface area contributed by atoms with E-state index in [1.165, 1.54) is 5.39 Å². The molecule has 0 aliphatic carbocycles. The molecule has 5 heteroatoms. The van der Waals surface area contributed by atoms with Gasteiger partial charge in [0.1, 0.15) is 0 Å². The lowest BCUT2D eigenvalue weighted by atomic mass is 10.1. The topological polar surface area (TPSA) is 55.8 Å². The van der Waals surface area contributed by atoms with Gasteiger partial charge in [-0.1, -0.05) is 30.3 Å². The van der Waals surface area contributed by atoms with Crippen molar-refractivity contribution in [3.05, 3.63) is 42.5 Å². The van der Waals surface area contributed by atoms with Gasteiger partial charge in [0.05, 0.1) is 12.6 Å². The summed E-state index contributed by atoms with van der Waals surface area (Å²) in [5.41, 5.74) is 0.837. The van der Waals surface area contributed by atoms with Gasteiger partial charge >= 0.3 is 0 Å². The summed E-state index contributed by atoms with van der Waals surface area (Å²) < 4.78 is 0. The minimum atomic E-state index is -0.159. The fourth-order valence-electron chi connectivity index (χ4n) is 3.20. The van der Waals surface area contributed by atoms with Gasteiger partial charge < -0.3 is 10.4 Å². The number of carbonyl (C=O) groups is 1. The highest BCUT2D eigenvalue weighted by molar-refractivity contribution is 5.97. The molecular weight excluding hydrogens is 302 g/mol. The molecule has 1 fully saturated rings. The number of aliphatic hydroxyl groups is 1. The third-order valence-electron chi connectivity index (χ3n) is 4.77. The van der Waals surface area contributed by atoms with E-state index >= 15 is 0 Å². The number of aliphatic hydroxyl groups excluding tert-OH is 1. The molecule has 1 unspecified atom stereocenters. The maximum absolute atomic E-state index is 12.5. The Morgan fingerprint density at radius 2 is 1.83 bits per heavy atom. The molecule has 1 atom stereocenters. The number of rotatable bonds is 5. The van der Waals surface area contributed by atoms with Crippen LogP contribution in [-0.2, 0) is 4.79 Å². The fourth-order valence-corrected chi connectivity index (χ4v) is 3.20. The van der Waals surface area contributed by atoms with Crippen molar-refractivity contribution in [3.63, 3.8) is 0 Å². The molecule has 3 rings (SSSR count). The Balaban J connectivity index is 1.59. The van der Waals surface area contributed by atoms with Crippen LogP contribution in [0.4, 0.5) is 5.69 Å². The van der Waals surface area contributed by atoms with Crippen molar-refractivity contribution in [2.45, 2.75) is 13.0 Å². The molecule has 2 aromatic rings. The van der Waals surface area contributed by atoms with Gasteiger partial charge in [-0.2, -0.15) is 0 Å². The number of hydrogen-bond donors (Lipinski definition) is 2. The first-order valence-electron chi connectivity index (χ1n) is 8.54. The average Bonchev–Trinajstić information content (AvgIpc) is 2.62. The van der Waals surface area contributed by atoms with Crippen molar-refractivity contribution < 1.29 is 9.90 Å². The second-order valence-electron chi connectivity index (χ2n) is 6.33. The van der Waals surface area contributed by atoms with E-state index in [9.17, 15) is 4.79 Å². The zero-order valence-electron chi connectivity index (χ0n) is 14.1. The molecule has 1 heterocycles. The quantitative estimate of drug-likeness (QED) is 0.879. The first-order chi connectivity index (χ1) is 11.7. The maximum Gasteiger partial charge on any atom is 0.241 e. The number of amides is 1. The van der Waals surface area contributed by atoms with Crippen LogP contribution in [0, 0.1) is 0 Å².